The van der Waals surface area contributed by atoms with Gasteiger partial charge >= 0.3 is 6.03 Å². The average Bonchev–Trinajstić information content (AvgIpc) is 3.09. The largest absolute Gasteiger partial charge is 0.395 e. The van der Waals surface area contributed by atoms with Crippen molar-refractivity contribution in [1.82, 2.24) is 4.90 Å². The highest BCUT2D eigenvalue weighted by Gasteiger charge is 2.18. The first-order valence-corrected chi connectivity index (χ1v) is 8.77. The van der Waals surface area contributed by atoms with Crippen LogP contribution in [0.5, 0.6) is 0 Å². The second-order valence-corrected chi connectivity index (χ2v) is 6.06. The summed E-state index contributed by atoms with van der Waals surface area (Å²) < 4.78 is 0. The molecular formula is C18H29N3O2. The van der Waals surface area contributed by atoms with E-state index in [2.05, 4.69) is 23.2 Å². The predicted octanol–water partition coefficient (Wildman–Crippen LogP) is 3.30. The van der Waals surface area contributed by atoms with Crippen LogP contribution < -0.4 is 10.2 Å². The molecule has 1 aliphatic rings. The molecule has 0 unspecified atom stereocenters. The average molecular weight is 319 g/mol. The Hall–Kier alpha value is -1.75. The topological polar surface area (TPSA) is 55.8 Å². The van der Waals surface area contributed by atoms with Gasteiger partial charge in [-0.15, -0.1) is 0 Å². The number of carbonyl (C=O) groups excluding carboxylic acids is 1. The third-order valence-electron chi connectivity index (χ3n) is 4.28. The standard InChI is InChI=1S/C18H29N3O2/c1-2-3-6-13-21(14-15-22)18(23)19-16-9-4-5-10-17(16)20-11-7-8-12-20/h4-5,9-10,22H,2-3,6-8,11-15H2,1H3,(H,19,23). The van der Waals surface area contributed by atoms with Crippen LogP contribution in [0.2, 0.25) is 0 Å². The summed E-state index contributed by atoms with van der Waals surface area (Å²) in [5.41, 5.74) is 1.95. The van der Waals surface area contributed by atoms with E-state index in [0.29, 0.717) is 13.1 Å². The van der Waals surface area contributed by atoms with Gasteiger partial charge in [0.15, 0.2) is 0 Å². The molecular weight excluding hydrogens is 290 g/mol. The molecule has 1 saturated heterocycles. The maximum atomic E-state index is 12.5. The fourth-order valence-corrected chi connectivity index (χ4v) is 3.00. The van der Waals surface area contributed by atoms with Gasteiger partial charge in [0.2, 0.25) is 0 Å². The zero-order valence-corrected chi connectivity index (χ0v) is 14.1. The maximum Gasteiger partial charge on any atom is 0.321 e. The number of nitrogens with one attached hydrogen (secondary N) is 1. The van der Waals surface area contributed by atoms with Crippen LogP contribution in [0.3, 0.4) is 0 Å². The van der Waals surface area contributed by atoms with E-state index in [1.54, 1.807) is 4.90 Å². The number of aliphatic hydroxyl groups excluding tert-OH is 1. The SMILES string of the molecule is CCCCCN(CCO)C(=O)Nc1ccccc1N1CCCC1. The molecule has 2 rings (SSSR count). The number of amides is 2. The van der Waals surface area contributed by atoms with E-state index in [4.69, 9.17) is 0 Å². The van der Waals surface area contributed by atoms with E-state index >= 15 is 0 Å². The molecule has 2 N–H and O–H groups in total. The maximum absolute atomic E-state index is 12.5. The van der Waals surface area contributed by atoms with Crippen LogP contribution in [-0.2, 0) is 0 Å². The van der Waals surface area contributed by atoms with Crippen LogP contribution in [-0.4, -0.2) is 48.8 Å². The Balaban J connectivity index is 2.02. The first-order chi connectivity index (χ1) is 11.3. The number of para-hydroxylation sites is 2. The van der Waals surface area contributed by atoms with E-state index in [1.807, 2.05) is 18.2 Å². The summed E-state index contributed by atoms with van der Waals surface area (Å²) in [5.74, 6) is 0. The van der Waals surface area contributed by atoms with E-state index in [1.165, 1.54) is 12.8 Å². The molecule has 5 heteroatoms. The molecule has 0 radical (unpaired) electrons. The second kappa shape index (κ2) is 9.40. The Bertz CT molecular complexity index is 487. The van der Waals surface area contributed by atoms with Crippen LogP contribution in [0.15, 0.2) is 24.3 Å². The summed E-state index contributed by atoms with van der Waals surface area (Å²) in [5, 5.41) is 12.2. The minimum atomic E-state index is -0.123. The van der Waals surface area contributed by atoms with Crippen LogP contribution in [0.4, 0.5) is 16.2 Å². The fraction of sp³-hybridized carbons (Fsp3) is 0.611. The lowest BCUT2D eigenvalue weighted by atomic mass is 10.2. The Kier molecular flexibility index (Phi) is 7.20. The van der Waals surface area contributed by atoms with E-state index in [-0.39, 0.29) is 12.6 Å². The lowest BCUT2D eigenvalue weighted by molar-refractivity contribution is 0.187. The molecule has 0 aromatic heterocycles. The first-order valence-electron chi connectivity index (χ1n) is 8.77. The summed E-state index contributed by atoms with van der Waals surface area (Å²) >= 11 is 0. The molecule has 0 bridgehead atoms. The number of hydrogen-bond acceptors (Lipinski definition) is 3. The minimum Gasteiger partial charge on any atom is -0.395 e. The smallest absolute Gasteiger partial charge is 0.321 e. The van der Waals surface area contributed by atoms with Crippen LogP contribution >= 0.6 is 0 Å². The van der Waals surface area contributed by atoms with Gasteiger partial charge in [-0.25, -0.2) is 4.79 Å². The van der Waals surface area contributed by atoms with Gasteiger partial charge in [0.05, 0.1) is 18.0 Å². The highest BCUT2D eigenvalue weighted by atomic mass is 16.3. The number of unbranched alkanes of at least 4 members (excludes halogenated alkanes) is 2. The number of rotatable bonds is 8. The van der Waals surface area contributed by atoms with Gasteiger partial charge in [0.25, 0.3) is 0 Å². The van der Waals surface area contributed by atoms with Crippen molar-refractivity contribution in [2.24, 2.45) is 0 Å². The van der Waals surface area contributed by atoms with Gasteiger partial charge in [0.1, 0.15) is 0 Å². The summed E-state index contributed by atoms with van der Waals surface area (Å²) in [6, 6.07) is 7.85. The third kappa shape index (κ3) is 5.13. The number of aliphatic hydroxyl groups is 1. The van der Waals surface area contributed by atoms with Gasteiger partial charge in [-0.3, -0.25) is 0 Å². The highest BCUT2D eigenvalue weighted by Crippen LogP contribution is 2.28. The van der Waals surface area contributed by atoms with Gasteiger partial charge in [-0.2, -0.15) is 0 Å². The number of nitrogens with zero attached hydrogens (tertiary/aromatic N) is 2. The molecule has 1 aromatic rings. The number of anilines is 2. The summed E-state index contributed by atoms with van der Waals surface area (Å²) in [6.07, 6.45) is 5.59. The molecule has 1 fully saturated rings. The molecule has 2 amide bonds. The number of carbonyl (C=O) groups is 1. The number of urea groups is 1. The highest BCUT2D eigenvalue weighted by molar-refractivity contribution is 5.93. The fourth-order valence-electron chi connectivity index (χ4n) is 3.00. The molecule has 23 heavy (non-hydrogen) atoms. The summed E-state index contributed by atoms with van der Waals surface area (Å²) in [4.78, 5) is 16.6. The molecule has 1 heterocycles. The lowest BCUT2D eigenvalue weighted by Gasteiger charge is -2.25. The quantitative estimate of drug-likeness (QED) is 0.723. The van der Waals surface area contributed by atoms with Gasteiger partial charge in [-0.05, 0) is 31.4 Å². The van der Waals surface area contributed by atoms with Crippen molar-refractivity contribution in [1.29, 1.82) is 0 Å². The molecule has 5 nitrogen and oxygen atoms in total. The predicted molar refractivity (Wildman–Crippen MR) is 95.1 cm³/mol. The molecule has 1 aliphatic heterocycles. The zero-order chi connectivity index (χ0) is 16.5. The molecule has 0 aliphatic carbocycles. The normalized spacial score (nSPS) is 14.1. The van der Waals surface area contributed by atoms with E-state index < -0.39 is 0 Å². The number of hydrogen-bond donors (Lipinski definition) is 2. The second-order valence-electron chi connectivity index (χ2n) is 6.06. The lowest BCUT2D eigenvalue weighted by Crippen LogP contribution is -2.38. The summed E-state index contributed by atoms with van der Waals surface area (Å²) in [6.45, 7) is 5.29. The monoisotopic (exact) mass is 319 g/mol. The van der Waals surface area contributed by atoms with Crippen LogP contribution in [0, 0.1) is 0 Å². The Labute approximate surface area is 139 Å². The van der Waals surface area contributed by atoms with Crippen molar-refractivity contribution in [3.05, 3.63) is 24.3 Å². The molecule has 1 aromatic carbocycles. The van der Waals surface area contributed by atoms with Crippen LogP contribution in [0.25, 0.3) is 0 Å². The van der Waals surface area contributed by atoms with E-state index in [9.17, 15) is 9.90 Å². The van der Waals surface area contributed by atoms with E-state index in [0.717, 1.165) is 43.7 Å². The Morgan fingerprint density at radius 3 is 2.65 bits per heavy atom. The third-order valence-corrected chi connectivity index (χ3v) is 4.28. The van der Waals surface area contributed by atoms with Gasteiger partial charge in [-0.1, -0.05) is 31.9 Å². The molecule has 0 saturated carbocycles. The zero-order valence-electron chi connectivity index (χ0n) is 14.1. The Morgan fingerprint density at radius 1 is 1.22 bits per heavy atom. The van der Waals surface area contributed by atoms with Crippen LogP contribution in [0.1, 0.15) is 39.0 Å². The Morgan fingerprint density at radius 2 is 1.96 bits per heavy atom. The van der Waals surface area contributed by atoms with Crippen molar-refractivity contribution in [2.75, 3.05) is 43.0 Å². The molecule has 128 valence electrons. The first kappa shape index (κ1) is 17.6. The van der Waals surface area contributed by atoms with Crippen molar-refractivity contribution in [3.63, 3.8) is 0 Å². The van der Waals surface area contributed by atoms with Gasteiger partial charge < -0.3 is 20.2 Å². The van der Waals surface area contributed by atoms with Crippen molar-refractivity contribution in [3.8, 4) is 0 Å². The minimum absolute atomic E-state index is 0.00663. The summed E-state index contributed by atoms with van der Waals surface area (Å²) in [7, 11) is 0. The van der Waals surface area contributed by atoms with Crippen molar-refractivity contribution >= 4 is 17.4 Å². The molecule has 0 spiro atoms. The number of benzene rings is 1. The molecule has 0 atom stereocenters. The van der Waals surface area contributed by atoms with Gasteiger partial charge in [0, 0.05) is 26.2 Å². The van der Waals surface area contributed by atoms with Crippen molar-refractivity contribution < 1.29 is 9.90 Å². The van der Waals surface area contributed by atoms with Crippen molar-refractivity contribution in [2.45, 2.75) is 39.0 Å².